The van der Waals surface area contributed by atoms with E-state index in [2.05, 4.69) is 23.3 Å². The van der Waals surface area contributed by atoms with Crippen LogP contribution < -0.4 is 11.5 Å². The molecule has 0 amide bonds. The smallest absolute Gasteiger partial charge is 0.337 e. The molecule has 3 aromatic rings. The van der Waals surface area contributed by atoms with Crippen molar-refractivity contribution in [2.24, 2.45) is 29.2 Å². The van der Waals surface area contributed by atoms with Crippen LogP contribution in [-0.4, -0.2) is 38.9 Å². The van der Waals surface area contributed by atoms with Crippen molar-refractivity contribution in [2.75, 3.05) is 17.2 Å². The Balaban J connectivity index is 1.83. The Morgan fingerprint density at radius 2 is 1.36 bits per heavy atom. The number of thioether (sulfide) groups is 1. The number of fused-ring (bicyclic) bond motifs is 3. The van der Waals surface area contributed by atoms with E-state index in [1.807, 2.05) is 41.6 Å². The van der Waals surface area contributed by atoms with Crippen LogP contribution in [-0.2, 0) is 26.3 Å². The number of rotatable bonds is 12. The molecule has 0 atom stereocenters. The monoisotopic (exact) mass is 621 g/mol. The molecule has 0 spiro atoms. The average Bonchev–Trinajstić information content (AvgIpc) is 3.29. The predicted octanol–water partition coefficient (Wildman–Crippen LogP) is 7.56. The van der Waals surface area contributed by atoms with E-state index in [1.54, 1.807) is 27.7 Å². The Morgan fingerprint density at radius 1 is 0.864 bits per heavy atom. The summed E-state index contributed by atoms with van der Waals surface area (Å²) in [4.78, 5) is 35.3. The molecule has 4 rings (SSSR count). The highest BCUT2D eigenvalue weighted by Gasteiger charge is 2.21. The maximum Gasteiger partial charge on any atom is 0.337 e. The van der Waals surface area contributed by atoms with Crippen molar-refractivity contribution in [1.82, 2.24) is 4.57 Å². The van der Waals surface area contributed by atoms with Crippen LogP contribution in [0.1, 0.15) is 97.1 Å². The zero-order valence-electron chi connectivity index (χ0n) is 26.9. The van der Waals surface area contributed by atoms with Crippen molar-refractivity contribution in [3.8, 4) is 0 Å². The van der Waals surface area contributed by atoms with Gasteiger partial charge in [0, 0.05) is 39.9 Å². The highest BCUT2D eigenvalue weighted by Crippen LogP contribution is 2.37. The zero-order chi connectivity index (χ0) is 32.0. The van der Waals surface area contributed by atoms with Crippen molar-refractivity contribution >= 4 is 68.3 Å². The lowest BCUT2D eigenvalue weighted by molar-refractivity contribution is -0.148. The third-order valence-corrected chi connectivity index (χ3v) is 9.50. The third kappa shape index (κ3) is 7.75. The first-order chi connectivity index (χ1) is 21.0. The fraction of sp³-hybridized carbons (Fsp3) is 0.529. The number of carbonyl (C=O) groups is 2. The fourth-order valence-corrected chi connectivity index (χ4v) is 6.79. The fourth-order valence-electron chi connectivity index (χ4n) is 5.51. The number of unbranched alkanes of at least 4 members (excludes halogenated alkanes) is 1. The lowest BCUT2D eigenvalue weighted by atomic mass is 9.99. The summed E-state index contributed by atoms with van der Waals surface area (Å²) in [7, 11) is 1.95. The summed E-state index contributed by atoms with van der Waals surface area (Å²) < 4.78 is 2.01. The number of oxime groups is 2. The second kappa shape index (κ2) is 15.0. The van der Waals surface area contributed by atoms with Gasteiger partial charge in [0.2, 0.25) is 0 Å². The van der Waals surface area contributed by atoms with E-state index in [-0.39, 0.29) is 23.8 Å². The molecule has 238 valence electrons. The molecule has 0 unspecified atom stereocenters. The van der Waals surface area contributed by atoms with Gasteiger partial charge in [0.15, 0.2) is 0 Å². The number of benzene rings is 2. The molecule has 44 heavy (non-hydrogen) atoms. The van der Waals surface area contributed by atoms with Gasteiger partial charge in [0.25, 0.3) is 0 Å². The summed E-state index contributed by atoms with van der Waals surface area (Å²) in [5.74, 6) is -0.731. The standard InChI is InChI=1S/C34H47N5O4S/c1-7-8-14-29(37-42-33(40)20(2)3)22-15-25-26-16-23(18-28(36)32(26)39(6)31(25)27(35)17-22)30(38-43-34(41)21(4)5)19-44-24-12-10-9-11-13-24/h15-18,20-21,24H,7-14,19,35-36H2,1-6H3/b37-29+,38-30+. The molecule has 10 heteroatoms. The highest BCUT2D eigenvalue weighted by atomic mass is 32.2. The number of nitrogen functional groups attached to an aromatic ring is 2. The minimum atomic E-state index is -0.383. The van der Waals surface area contributed by atoms with Crippen LogP contribution in [0, 0.1) is 11.8 Å². The summed E-state index contributed by atoms with van der Waals surface area (Å²) in [5, 5.41) is 11.0. The van der Waals surface area contributed by atoms with Crippen molar-refractivity contribution in [3.05, 3.63) is 35.4 Å². The topological polar surface area (TPSA) is 134 Å². The molecule has 1 saturated carbocycles. The molecule has 1 aliphatic rings. The average molecular weight is 622 g/mol. The molecule has 0 bridgehead atoms. The van der Waals surface area contributed by atoms with Gasteiger partial charge in [-0.1, -0.05) is 70.6 Å². The van der Waals surface area contributed by atoms with E-state index in [9.17, 15) is 9.59 Å². The first-order valence-corrected chi connectivity index (χ1v) is 16.9. The lowest BCUT2D eigenvalue weighted by Gasteiger charge is -2.21. The van der Waals surface area contributed by atoms with Crippen molar-refractivity contribution in [3.63, 3.8) is 0 Å². The molecular weight excluding hydrogens is 574 g/mol. The normalized spacial score (nSPS) is 15.1. The number of aryl methyl sites for hydroxylation is 1. The first kappa shape index (κ1) is 33.4. The van der Waals surface area contributed by atoms with Gasteiger partial charge in [0.05, 0.1) is 45.7 Å². The van der Waals surface area contributed by atoms with Crippen LogP contribution in [0.4, 0.5) is 11.4 Å². The third-order valence-electron chi connectivity index (χ3n) is 8.12. The number of anilines is 2. The SMILES string of the molecule is CCCC/C(=N\OC(=O)C(C)C)c1cc(N)c2c(c1)c1cc(/C(CSC3CCCCC3)=N/OC(=O)C(C)C)cc(N)c1n2C. The van der Waals surface area contributed by atoms with Crippen LogP contribution in [0.5, 0.6) is 0 Å². The molecule has 2 aromatic carbocycles. The van der Waals surface area contributed by atoms with Crippen LogP contribution in [0.2, 0.25) is 0 Å². The number of carbonyl (C=O) groups excluding carboxylic acids is 2. The predicted molar refractivity (Wildman–Crippen MR) is 183 cm³/mol. The summed E-state index contributed by atoms with van der Waals surface area (Å²) in [6.07, 6.45) is 8.63. The maximum atomic E-state index is 12.4. The molecule has 1 fully saturated rings. The van der Waals surface area contributed by atoms with Gasteiger partial charge in [0.1, 0.15) is 0 Å². The van der Waals surface area contributed by atoms with E-state index >= 15 is 0 Å². The Labute approximate surface area is 264 Å². The molecule has 4 N–H and O–H groups in total. The largest absolute Gasteiger partial charge is 0.397 e. The van der Waals surface area contributed by atoms with E-state index in [4.69, 9.17) is 21.1 Å². The Hall–Kier alpha value is -3.53. The van der Waals surface area contributed by atoms with Crippen LogP contribution in [0.15, 0.2) is 34.6 Å². The molecule has 1 heterocycles. The zero-order valence-corrected chi connectivity index (χ0v) is 27.8. The van der Waals surface area contributed by atoms with Gasteiger partial charge < -0.3 is 25.7 Å². The molecule has 0 aliphatic heterocycles. The number of nitrogens with two attached hydrogens (primary N) is 2. The minimum Gasteiger partial charge on any atom is -0.397 e. The summed E-state index contributed by atoms with van der Waals surface area (Å²) >= 11 is 1.86. The second-order valence-electron chi connectivity index (χ2n) is 12.4. The van der Waals surface area contributed by atoms with Gasteiger partial charge in [-0.2, -0.15) is 11.8 Å². The minimum absolute atomic E-state index is 0.287. The summed E-state index contributed by atoms with van der Waals surface area (Å²) in [6, 6.07) is 7.89. The highest BCUT2D eigenvalue weighted by molar-refractivity contribution is 8.00. The van der Waals surface area contributed by atoms with Gasteiger partial charge in [-0.15, -0.1) is 0 Å². The Bertz CT molecular complexity index is 1570. The number of hydrogen-bond donors (Lipinski definition) is 2. The lowest BCUT2D eigenvalue weighted by Crippen LogP contribution is -2.15. The Morgan fingerprint density at radius 3 is 1.86 bits per heavy atom. The van der Waals surface area contributed by atoms with E-state index < -0.39 is 0 Å². The van der Waals surface area contributed by atoms with Crippen LogP contribution >= 0.6 is 11.8 Å². The first-order valence-electron chi connectivity index (χ1n) is 15.8. The molecule has 1 aliphatic carbocycles. The molecular formula is C34H47N5O4S. The second-order valence-corrected chi connectivity index (χ2v) is 13.7. The Kier molecular flexibility index (Phi) is 11.4. The van der Waals surface area contributed by atoms with Crippen LogP contribution in [0.25, 0.3) is 21.8 Å². The van der Waals surface area contributed by atoms with E-state index in [0.717, 1.165) is 45.8 Å². The van der Waals surface area contributed by atoms with Crippen molar-refractivity contribution in [1.29, 1.82) is 0 Å². The van der Waals surface area contributed by atoms with Crippen molar-refractivity contribution in [2.45, 2.75) is 91.2 Å². The van der Waals surface area contributed by atoms with Crippen molar-refractivity contribution < 1.29 is 19.3 Å². The van der Waals surface area contributed by atoms with Gasteiger partial charge in [-0.25, -0.2) is 9.59 Å². The number of hydrogen-bond acceptors (Lipinski definition) is 9. The summed E-state index contributed by atoms with van der Waals surface area (Å²) in [6.45, 7) is 9.24. The van der Waals surface area contributed by atoms with Gasteiger partial charge in [-0.05, 0) is 49.9 Å². The quantitative estimate of drug-likeness (QED) is 0.0922. The van der Waals surface area contributed by atoms with E-state index in [0.29, 0.717) is 40.2 Å². The van der Waals surface area contributed by atoms with E-state index in [1.165, 1.54) is 32.1 Å². The number of aromatic nitrogens is 1. The van der Waals surface area contributed by atoms with Gasteiger partial charge >= 0.3 is 11.9 Å². The maximum absolute atomic E-state index is 12.4. The molecule has 1 aromatic heterocycles. The molecule has 9 nitrogen and oxygen atoms in total. The van der Waals surface area contributed by atoms with Crippen LogP contribution in [0.3, 0.4) is 0 Å². The molecule has 0 saturated heterocycles. The molecule has 0 radical (unpaired) electrons. The summed E-state index contributed by atoms with van der Waals surface area (Å²) in [5.41, 5.74) is 19.2. The van der Waals surface area contributed by atoms with Gasteiger partial charge in [-0.3, -0.25) is 0 Å². The number of nitrogens with zero attached hydrogens (tertiary/aromatic N) is 3.